The van der Waals surface area contributed by atoms with Gasteiger partial charge in [-0.2, -0.15) is 0 Å². The van der Waals surface area contributed by atoms with Gasteiger partial charge in [0.05, 0.1) is 6.61 Å². The normalized spacial score (nSPS) is 23.6. The molecule has 1 spiro atoms. The Labute approximate surface area is 97.4 Å². The van der Waals surface area contributed by atoms with E-state index in [0.717, 1.165) is 19.7 Å². The lowest BCUT2D eigenvalue weighted by Gasteiger charge is -2.45. The van der Waals surface area contributed by atoms with Gasteiger partial charge in [-0.05, 0) is 52.9 Å². The second kappa shape index (κ2) is 2.93. The van der Waals surface area contributed by atoms with Crippen LogP contribution in [-0.4, -0.2) is 25.0 Å². The van der Waals surface area contributed by atoms with E-state index in [0.29, 0.717) is 0 Å². The van der Waals surface area contributed by atoms with Crippen LogP contribution in [0.2, 0.25) is 0 Å². The first-order valence-corrected chi connectivity index (χ1v) is 5.89. The average molecular weight is 301 g/mol. The van der Waals surface area contributed by atoms with Crippen molar-refractivity contribution in [2.24, 2.45) is 0 Å². The lowest BCUT2D eigenvalue weighted by atomic mass is 9.86. The highest BCUT2D eigenvalue weighted by atomic mass is 127. The summed E-state index contributed by atoms with van der Waals surface area (Å²) >= 11 is 2.35. The zero-order chi connectivity index (χ0) is 9.76. The Morgan fingerprint density at radius 3 is 2.93 bits per heavy atom. The van der Waals surface area contributed by atoms with E-state index < -0.39 is 0 Å². The van der Waals surface area contributed by atoms with Crippen LogP contribution in [0.5, 0.6) is 0 Å². The Hall–Kier alpha value is -0.130. The van der Waals surface area contributed by atoms with Crippen LogP contribution in [0.3, 0.4) is 0 Å². The van der Waals surface area contributed by atoms with Crippen LogP contribution < -0.4 is 0 Å². The van der Waals surface area contributed by atoms with Gasteiger partial charge in [-0.25, -0.2) is 0 Å². The van der Waals surface area contributed by atoms with Crippen molar-refractivity contribution in [1.29, 1.82) is 0 Å². The SMILES string of the molecule is CN1CC2(C1)OCc1cc(I)ccc12. The molecule has 0 amide bonds. The summed E-state index contributed by atoms with van der Waals surface area (Å²) in [6.45, 7) is 2.88. The molecule has 0 unspecified atom stereocenters. The Bertz CT molecular complexity index is 385. The average Bonchev–Trinajstić information content (AvgIpc) is 2.44. The predicted molar refractivity (Wildman–Crippen MR) is 63.1 cm³/mol. The summed E-state index contributed by atoms with van der Waals surface area (Å²) < 4.78 is 7.23. The van der Waals surface area contributed by atoms with E-state index in [-0.39, 0.29) is 5.60 Å². The second-order valence-corrected chi connectivity index (χ2v) is 5.50. The summed E-state index contributed by atoms with van der Waals surface area (Å²) in [6, 6.07) is 6.65. The number of fused-ring (bicyclic) bond motifs is 2. The molecular weight excluding hydrogens is 289 g/mol. The second-order valence-electron chi connectivity index (χ2n) is 4.26. The van der Waals surface area contributed by atoms with Crippen LogP contribution in [0.15, 0.2) is 18.2 Å². The molecule has 74 valence electrons. The highest BCUT2D eigenvalue weighted by Crippen LogP contribution is 2.42. The first kappa shape index (κ1) is 9.12. The maximum atomic E-state index is 5.93. The van der Waals surface area contributed by atoms with E-state index in [1.165, 1.54) is 14.7 Å². The number of hydrogen-bond donors (Lipinski definition) is 0. The molecule has 2 heterocycles. The Balaban J connectivity index is 2.03. The van der Waals surface area contributed by atoms with E-state index in [4.69, 9.17) is 4.74 Å². The van der Waals surface area contributed by atoms with Crippen LogP contribution in [-0.2, 0) is 16.9 Å². The van der Waals surface area contributed by atoms with Crippen molar-refractivity contribution in [2.45, 2.75) is 12.2 Å². The summed E-state index contributed by atoms with van der Waals surface area (Å²) in [5.74, 6) is 0. The molecule has 0 atom stereocenters. The molecule has 2 aliphatic heterocycles. The molecule has 3 rings (SSSR count). The van der Waals surface area contributed by atoms with Crippen LogP contribution in [0.4, 0.5) is 0 Å². The van der Waals surface area contributed by atoms with E-state index in [9.17, 15) is 0 Å². The molecule has 14 heavy (non-hydrogen) atoms. The maximum Gasteiger partial charge on any atom is 0.119 e. The van der Waals surface area contributed by atoms with Crippen LogP contribution in [0.1, 0.15) is 11.1 Å². The third-order valence-electron chi connectivity index (χ3n) is 3.11. The third-order valence-corrected chi connectivity index (χ3v) is 3.78. The molecular formula is C11H12INO. The Morgan fingerprint density at radius 1 is 1.43 bits per heavy atom. The molecule has 0 bridgehead atoms. The van der Waals surface area contributed by atoms with E-state index in [1.54, 1.807) is 0 Å². The molecule has 1 saturated heterocycles. The highest BCUT2D eigenvalue weighted by Gasteiger charge is 2.48. The minimum absolute atomic E-state index is 0.0361. The lowest BCUT2D eigenvalue weighted by molar-refractivity contribution is -0.132. The van der Waals surface area contributed by atoms with Gasteiger partial charge < -0.3 is 4.74 Å². The standard InChI is InChI=1S/C11H12INO/c1-13-6-11(7-13)10-3-2-9(12)4-8(10)5-14-11/h2-4H,5-7H2,1H3. The number of likely N-dealkylation sites (tertiary alicyclic amines) is 1. The summed E-state index contributed by atoms with van der Waals surface area (Å²) in [4.78, 5) is 2.30. The highest BCUT2D eigenvalue weighted by molar-refractivity contribution is 14.1. The molecule has 0 saturated carbocycles. The summed E-state index contributed by atoms with van der Waals surface area (Å²) in [5, 5.41) is 0. The van der Waals surface area contributed by atoms with Crippen molar-refractivity contribution in [3.05, 3.63) is 32.9 Å². The van der Waals surface area contributed by atoms with E-state index >= 15 is 0 Å². The lowest BCUT2D eigenvalue weighted by Crippen LogP contribution is -2.57. The van der Waals surface area contributed by atoms with Crippen LogP contribution in [0, 0.1) is 3.57 Å². The van der Waals surface area contributed by atoms with Gasteiger partial charge in [0.2, 0.25) is 0 Å². The van der Waals surface area contributed by atoms with Crippen LogP contribution in [0.25, 0.3) is 0 Å². The topological polar surface area (TPSA) is 12.5 Å². The number of halogens is 1. The van der Waals surface area contributed by atoms with Gasteiger partial charge in [0.1, 0.15) is 5.60 Å². The minimum Gasteiger partial charge on any atom is -0.363 e. The molecule has 0 aromatic heterocycles. The summed E-state index contributed by atoms with van der Waals surface area (Å²) in [5.41, 5.74) is 2.83. The van der Waals surface area contributed by atoms with Gasteiger partial charge in [0.25, 0.3) is 0 Å². The first-order chi connectivity index (χ1) is 6.70. The molecule has 0 aliphatic carbocycles. The van der Waals surface area contributed by atoms with Crippen molar-refractivity contribution in [2.75, 3.05) is 20.1 Å². The zero-order valence-electron chi connectivity index (χ0n) is 8.09. The Morgan fingerprint density at radius 2 is 2.21 bits per heavy atom. The van der Waals surface area contributed by atoms with Crippen molar-refractivity contribution in [1.82, 2.24) is 4.90 Å². The van der Waals surface area contributed by atoms with Gasteiger partial charge in [0.15, 0.2) is 0 Å². The number of ether oxygens (including phenoxy) is 1. The fraction of sp³-hybridized carbons (Fsp3) is 0.455. The van der Waals surface area contributed by atoms with Crippen molar-refractivity contribution in [3.63, 3.8) is 0 Å². The molecule has 2 nitrogen and oxygen atoms in total. The number of nitrogens with zero attached hydrogens (tertiary/aromatic N) is 1. The summed E-state index contributed by atoms with van der Waals surface area (Å²) in [7, 11) is 2.14. The van der Waals surface area contributed by atoms with Gasteiger partial charge in [-0.1, -0.05) is 6.07 Å². The third kappa shape index (κ3) is 1.15. The number of hydrogen-bond acceptors (Lipinski definition) is 2. The zero-order valence-corrected chi connectivity index (χ0v) is 10.2. The fourth-order valence-electron chi connectivity index (χ4n) is 2.51. The molecule has 0 N–H and O–H groups in total. The number of likely N-dealkylation sites (N-methyl/N-ethyl adjacent to an activating group) is 1. The van der Waals surface area contributed by atoms with Gasteiger partial charge in [-0.3, -0.25) is 4.90 Å². The van der Waals surface area contributed by atoms with Gasteiger partial charge in [-0.15, -0.1) is 0 Å². The largest absolute Gasteiger partial charge is 0.363 e. The van der Waals surface area contributed by atoms with Gasteiger partial charge >= 0.3 is 0 Å². The van der Waals surface area contributed by atoms with E-state index in [1.807, 2.05) is 0 Å². The van der Waals surface area contributed by atoms with Crippen molar-refractivity contribution < 1.29 is 4.74 Å². The molecule has 0 radical (unpaired) electrons. The summed E-state index contributed by atoms with van der Waals surface area (Å²) in [6.07, 6.45) is 0. The number of rotatable bonds is 0. The maximum absolute atomic E-state index is 5.93. The molecule has 1 aromatic rings. The molecule has 2 aliphatic rings. The first-order valence-electron chi connectivity index (χ1n) is 4.81. The monoisotopic (exact) mass is 301 g/mol. The van der Waals surface area contributed by atoms with Crippen molar-refractivity contribution >= 4 is 22.6 Å². The van der Waals surface area contributed by atoms with Crippen molar-refractivity contribution in [3.8, 4) is 0 Å². The van der Waals surface area contributed by atoms with E-state index in [2.05, 4.69) is 52.7 Å². The predicted octanol–water partition coefficient (Wildman–Crippen LogP) is 1.96. The quantitative estimate of drug-likeness (QED) is 0.679. The smallest absolute Gasteiger partial charge is 0.119 e. The molecule has 1 aromatic carbocycles. The minimum atomic E-state index is 0.0361. The molecule has 1 fully saturated rings. The Kier molecular flexibility index (Phi) is 1.91. The fourth-order valence-corrected chi connectivity index (χ4v) is 3.06. The number of benzene rings is 1. The molecule has 3 heteroatoms. The van der Waals surface area contributed by atoms with Crippen LogP contribution >= 0.6 is 22.6 Å². The van der Waals surface area contributed by atoms with Gasteiger partial charge in [0, 0.05) is 16.7 Å².